The predicted molar refractivity (Wildman–Crippen MR) is 155 cm³/mol. The van der Waals surface area contributed by atoms with Crippen LogP contribution in [0.25, 0.3) is 0 Å². The minimum Gasteiger partial charge on any atom is -0.690 e. The zero-order chi connectivity index (χ0) is 21.6. The Labute approximate surface area is 196 Å². The van der Waals surface area contributed by atoms with Crippen LogP contribution in [-0.4, -0.2) is 170 Å². The molecule has 1 N–H and O–H groups in total. The first kappa shape index (κ1) is 26.3. The SMILES string of the molecule is [3H]N(I)B(B(B([B])[B])B([B])[B][B-])B(B(B([B])[B])B([B])[B])B(B([B])[B])B([B])[B-]. The fraction of sp³-hybridized carbons (Fsp3) is 0. The van der Waals surface area contributed by atoms with E-state index in [4.69, 9.17) is 94.3 Å². The molecule has 0 bridgehead atoms. The van der Waals surface area contributed by atoms with Gasteiger partial charge in [0.15, 0.2) is 0 Å². The van der Waals surface area contributed by atoms with Crippen molar-refractivity contribution in [2.45, 2.75) is 0 Å². The van der Waals surface area contributed by atoms with Crippen LogP contribution >= 0.6 is 22.9 Å². The van der Waals surface area contributed by atoms with Crippen molar-refractivity contribution in [1.82, 2.24) is 3.43 Å². The molecule has 0 unspecified atom stereocenters. The Hall–Kier alpha value is 2.25. The van der Waals surface area contributed by atoms with Crippen molar-refractivity contribution < 1.29 is 1.41 Å². The Morgan fingerprint density at radius 3 is 1.35 bits per heavy atom. The lowest BCUT2D eigenvalue weighted by Gasteiger charge is -2.48. The van der Waals surface area contributed by atoms with Crippen molar-refractivity contribution in [3.8, 4) is 0 Å². The van der Waals surface area contributed by atoms with Gasteiger partial charge in [0.1, 0.15) is 8.04 Å². The molecule has 0 saturated heterocycles. The average Bonchev–Trinajstić information content (AvgIpc) is 2.48. The molecule has 87 valence electrons. The molecular weight excluding hydrogens is 400 g/mol. The highest BCUT2D eigenvalue weighted by Crippen LogP contribution is 2.10. The molecule has 0 aliphatic heterocycles. The summed E-state index contributed by atoms with van der Waals surface area (Å²) in [6.45, 7) is -0.830. The normalized spacial score (nSPS) is 10.2. The van der Waals surface area contributed by atoms with E-state index < -0.39 is 70.5 Å². The Kier molecular flexibility index (Phi) is 13.7. The molecule has 0 aromatic carbocycles. The fourth-order valence-corrected chi connectivity index (χ4v) is 4.22. The Bertz CT molecular complexity index is 356. The number of halogens is 1. The summed E-state index contributed by atoms with van der Waals surface area (Å²) in [4.78, 5) is 0. The predicted octanol–water partition coefficient (Wildman–Crippen LogP) is -8.75. The first-order valence-electron chi connectivity index (χ1n) is 8.54. The zero-order valence-electron chi connectivity index (χ0n) is 15.7. The van der Waals surface area contributed by atoms with E-state index >= 15 is 0 Å². The van der Waals surface area contributed by atoms with E-state index in [1.165, 1.54) is 7.06 Å². The van der Waals surface area contributed by atoms with Crippen molar-refractivity contribution in [3.05, 3.63) is 0 Å². The Morgan fingerprint density at radius 1 is 0.731 bits per heavy atom. The topological polar surface area (TPSA) is 12.0 Å². The van der Waals surface area contributed by atoms with Crippen LogP contribution in [0.15, 0.2) is 0 Å². The van der Waals surface area contributed by atoms with E-state index in [2.05, 4.69) is 0 Å². The molecule has 0 aromatic rings. The third-order valence-corrected chi connectivity index (χ3v) is 5.32. The Balaban J connectivity index is 6.61. The molecule has 0 rings (SSSR count). The van der Waals surface area contributed by atoms with Gasteiger partial charge < -0.3 is 18.9 Å². The van der Waals surface area contributed by atoms with Crippen LogP contribution in [0.5, 0.6) is 0 Å². The minimum atomic E-state index is -0.999. The molecule has 26 heavy (non-hydrogen) atoms. The van der Waals surface area contributed by atoms with Crippen LogP contribution in [0.3, 0.4) is 0 Å². The summed E-state index contributed by atoms with van der Waals surface area (Å²) in [5, 5.41) is 0. The molecule has 0 fully saturated rings. The third-order valence-electron chi connectivity index (χ3n) is 4.68. The van der Waals surface area contributed by atoms with Crippen LogP contribution in [0.4, 0.5) is 0 Å². The van der Waals surface area contributed by atoms with Gasteiger partial charge in [-0.15, -0.1) is 0 Å². The van der Waals surface area contributed by atoms with Gasteiger partial charge in [-0.3, -0.25) is 7.06 Å². The van der Waals surface area contributed by atoms with Gasteiger partial charge in [0.05, 0.1) is 0 Å². The second-order valence-corrected chi connectivity index (χ2v) is 7.11. The van der Waals surface area contributed by atoms with Gasteiger partial charge in [-0.2, -0.15) is 0 Å². The lowest BCUT2D eigenvalue weighted by molar-refractivity contribution is 1.79. The molecule has 0 aliphatic carbocycles. The molecule has 0 amide bonds. The van der Waals surface area contributed by atoms with Gasteiger partial charge >= 0.3 is 0 Å². The van der Waals surface area contributed by atoms with Crippen molar-refractivity contribution >= 4 is 193 Å². The van der Waals surface area contributed by atoms with Gasteiger partial charge in [0.2, 0.25) is 0 Å². The van der Waals surface area contributed by atoms with Crippen molar-refractivity contribution in [3.63, 3.8) is 0 Å². The smallest absolute Gasteiger partial charge is 0.129 e. The van der Waals surface area contributed by atoms with Crippen LogP contribution in [0, 0.1) is 0 Å². The van der Waals surface area contributed by atoms with Gasteiger partial charge in [-0.1, -0.05) is 0 Å². The van der Waals surface area contributed by atoms with Crippen LogP contribution < -0.4 is 3.43 Å². The molecule has 0 spiro atoms. The molecule has 0 saturated carbocycles. The van der Waals surface area contributed by atoms with E-state index in [1.807, 2.05) is 0 Å². The molecule has 0 aromatic heterocycles. The standard InChI is InChI=1S/B24HIN/c1-13-19(12)22(18(10)11)24(26-25)23(20(14(2)3)15(4)5)21(16(6)7)17(8)9/h26H/q-2/i/hT. The molecule has 0 heterocycles. The summed E-state index contributed by atoms with van der Waals surface area (Å²) in [5.41, 5.74) is 0. The van der Waals surface area contributed by atoms with Crippen LogP contribution in [0.1, 0.15) is 0 Å². The van der Waals surface area contributed by atoms with Crippen LogP contribution in [-0.2, 0) is 0 Å². The second-order valence-electron chi connectivity index (χ2n) is 6.55. The first-order valence-corrected chi connectivity index (χ1v) is 9.06. The lowest BCUT2D eigenvalue weighted by Crippen LogP contribution is -2.85. The van der Waals surface area contributed by atoms with Crippen molar-refractivity contribution in [2.75, 3.05) is 0 Å². The summed E-state index contributed by atoms with van der Waals surface area (Å²) in [6.07, 6.45) is -8.85. The summed E-state index contributed by atoms with van der Waals surface area (Å²) in [6, 6.07) is 0. The van der Waals surface area contributed by atoms with Crippen LogP contribution in [0.2, 0.25) is 1.41 Å². The highest BCUT2D eigenvalue weighted by molar-refractivity contribution is 14.1. The largest absolute Gasteiger partial charge is 0.690 e. The second kappa shape index (κ2) is 13.5. The number of hydrogen-bond acceptors (Lipinski definition) is 1. The van der Waals surface area contributed by atoms with Crippen molar-refractivity contribution in [2.24, 2.45) is 0 Å². The molecule has 27 radical (unpaired) electrons. The monoisotopic (exact) mass is 408 g/mol. The van der Waals surface area contributed by atoms with Gasteiger partial charge in [-0.25, -0.2) is 6.39 Å². The van der Waals surface area contributed by atoms with E-state index in [-0.39, 0.29) is 0 Å². The van der Waals surface area contributed by atoms with Crippen molar-refractivity contribution in [1.29, 1.82) is 0 Å². The molecule has 1 nitrogen and oxygen atoms in total. The van der Waals surface area contributed by atoms with E-state index in [0.717, 1.165) is 3.43 Å². The van der Waals surface area contributed by atoms with Gasteiger partial charge in [0, 0.05) is 108 Å². The summed E-state index contributed by atoms with van der Waals surface area (Å²) < 4.78 is 9.35. The first-order chi connectivity index (χ1) is 12.3. The van der Waals surface area contributed by atoms with E-state index in [1.54, 1.807) is 22.9 Å². The van der Waals surface area contributed by atoms with E-state index in [9.17, 15) is 0 Å². The number of hydrogen-bond donors (Lipinski definition) is 1. The van der Waals surface area contributed by atoms with Gasteiger partial charge in [-0.05, 0) is 50.1 Å². The third kappa shape index (κ3) is 7.82. The highest BCUT2D eigenvalue weighted by Gasteiger charge is 2.48. The zero-order valence-corrected chi connectivity index (χ0v) is 16.8. The molecule has 26 heteroatoms. The molecule has 0 atom stereocenters. The maximum atomic E-state index is 8.28. The van der Waals surface area contributed by atoms with Gasteiger partial charge in [0.25, 0.3) is 0 Å². The van der Waals surface area contributed by atoms with E-state index in [0.29, 0.717) is 0 Å². The lowest BCUT2D eigenvalue weighted by atomic mass is 8.39. The summed E-state index contributed by atoms with van der Waals surface area (Å²) in [5.74, 6) is 0. The quantitative estimate of drug-likeness (QED) is 0.194. The molecular formula is HB24IN-2. The highest BCUT2D eigenvalue weighted by atomic mass is 127. The Morgan fingerprint density at radius 2 is 1.12 bits per heavy atom. The number of nitrogens with one attached hydrogen (secondary N) is 1. The summed E-state index contributed by atoms with van der Waals surface area (Å²) in [7, 11) is 72.4. The fourth-order valence-electron chi connectivity index (χ4n) is 3.48. The maximum Gasteiger partial charge on any atom is 0.129 e. The number of rotatable bonds is 12. The summed E-state index contributed by atoms with van der Waals surface area (Å²) >= 11 is 1.73. The average molecular weight is 403 g/mol. The maximum absolute atomic E-state index is 8.28. The minimum absolute atomic E-state index is 0.741. The molecule has 0 aliphatic rings.